The Bertz CT molecular complexity index is 1160. The maximum Gasteiger partial charge on any atom is 0.270 e. The number of nitro benzene ring substituents is 1. The summed E-state index contributed by atoms with van der Waals surface area (Å²) in [5, 5.41) is 11.4. The third-order valence-corrected chi connectivity index (χ3v) is 9.70. The van der Waals surface area contributed by atoms with Gasteiger partial charge in [-0.1, -0.05) is 122 Å². The van der Waals surface area contributed by atoms with E-state index < -0.39 is 5.72 Å². The number of non-ortho nitro benzene ring substituents is 1. The number of nitro groups is 1. The van der Waals surface area contributed by atoms with Gasteiger partial charge in [-0.05, 0) is 49.1 Å². The third kappa shape index (κ3) is 6.65. The summed E-state index contributed by atoms with van der Waals surface area (Å²) in [5.74, 6) is 0.725. The first kappa shape index (κ1) is 31.1. The largest absolute Gasteiger partial charge is 0.463 e. The molecule has 1 spiro atoms. The lowest BCUT2D eigenvalue weighted by molar-refractivity contribution is -0.384. The molecule has 41 heavy (non-hydrogen) atoms. The van der Waals surface area contributed by atoms with Crippen LogP contribution in [0.1, 0.15) is 135 Å². The normalized spacial score (nSPS) is 18.4. The Hall–Kier alpha value is -2.82. The fourth-order valence-corrected chi connectivity index (χ4v) is 7.31. The number of hydrogen-bond acceptors (Lipinski definition) is 4. The van der Waals surface area contributed by atoms with Crippen molar-refractivity contribution in [2.75, 3.05) is 11.4 Å². The summed E-state index contributed by atoms with van der Waals surface area (Å²) in [7, 11) is 0. The van der Waals surface area contributed by atoms with E-state index in [4.69, 9.17) is 4.74 Å². The average molecular weight is 561 g/mol. The van der Waals surface area contributed by atoms with Crippen LogP contribution in [0.15, 0.2) is 48.5 Å². The molecule has 2 aromatic rings. The van der Waals surface area contributed by atoms with Gasteiger partial charge >= 0.3 is 0 Å². The molecule has 0 saturated carbocycles. The van der Waals surface area contributed by atoms with Crippen LogP contribution >= 0.6 is 0 Å². The number of anilines is 1. The minimum atomic E-state index is -0.639. The monoisotopic (exact) mass is 560 g/mol. The fourth-order valence-electron chi connectivity index (χ4n) is 7.31. The molecule has 4 rings (SSSR count). The maximum absolute atomic E-state index is 11.4. The van der Waals surface area contributed by atoms with Crippen molar-refractivity contribution in [3.05, 3.63) is 69.8 Å². The molecule has 0 N–H and O–H groups in total. The Kier molecular flexibility index (Phi) is 11.3. The van der Waals surface area contributed by atoms with Crippen LogP contribution in [0.4, 0.5) is 11.4 Å². The lowest BCUT2D eigenvalue weighted by atomic mass is 9.69. The van der Waals surface area contributed by atoms with E-state index in [0.29, 0.717) is 0 Å². The predicted molar refractivity (Wildman–Crippen MR) is 172 cm³/mol. The Morgan fingerprint density at radius 3 is 1.95 bits per heavy atom. The quantitative estimate of drug-likeness (QED) is 0.103. The van der Waals surface area contributed by atoms with Crippen LogP contribution < -0.4 is 9.64 Å². The second-order valence-corrected chi connectivity index (χ2v) is 12.2. The minimum absolute atomic E-state index is 0.0965. The van der Waals surface area contributed by atoms with Gasteiger partial charge in [0.1, 0.15) is 5.75 Å². The maximum atomic E-state index is 11.4. The van der Waals surface area contributed by atoms with E-state index in [9.17, 15) is 10.1 Å². The van der Waals surface area contributed by atoms with Crippen LogP contribution in [0.3, 0.4) is 0 Å². The molecular weight excluding hydrogens is 508 g/mol. The van der Waals surface area contributed by atoms with Gasteiger partial charge in [0, 0.05) is 29.9 Å². The molecule has 0 bridgehead atoms. The van der Waals surface area contributed by atoms with Crippen LogP contribution in [-0.4, -0.2) is 17.2 Å². The minimum Gasteiger partial charge on any atom is -0.463 e. The van der Waals surface area contributed by atoms with E-state index in [0.717, 1.165) is 37.1 Å². The zero-order valence-corrected chi connectivity index (χ0v) is 25.8. The van der Waals surface area contributed by atoms with Gasteiger partial charge in [-0.2, -0.15) is 0 Å². The summed E-state index contributed by atoms with van der Waals surface area (Å²) in [6, 6.07) is 13.8. The Balaban J connectivity index is 1.36. The average Bonchev–Trinajstić information content (AvgIpc) is 3.21. The molecular formula is C36H52N2O3. The summed E-state index contributed by atoms with van der Waals surface area (Å²) in [6.07, 6.45) is 25.0. The number of ether oxygens (including phenoxy) is 1. The van der Waals surface area contributed by atoms with Crippen molar-refractivity contribution >= 4 is 17.5 Å². The number of benzene rings is 2. The van der Waals surface area contributed by atoms with E-state index in [-0.39, 0.29) is 16.0 Å². The van der Waals surface area contributed by atoms with E-state index in [1.165, 1.54) is 94.7 Å². The second kappa shape index (κ2) is 14.9. The fraction of sp³-hybridized carbons (Fsp3) is 0.611. The first-order valence-electron chi connectivity index (χ1n) is 16.6. The van der Waals surface area contributed by atoms with Gasteiger partial charge in [0.05, 0.1) is 10.3 Å². The number of unbranched alkanes of at least 4 members (excludes halogenated alkanes) is 13. The Morgan fingerprint density at radius 1 is 0.780 bits per heavy atom. The summed E-state index contributed by atoms with van der Waals surface area (Å²) in [4.78, 5) is 13.5. The summed E-state index contributed by atoms with van der Waals surface area (Å²) in [5.41, 5.74) is 2.65. The highest BCUT2D eigenvalue weighted by atomic mass is 16.6. The second-order valence-electron chi connectivity index (χ2n) is 12.2. The van der Waals surface area contributed by atoms with Gasteiger partial charge in [-0.3, -0.25) is 10.1 Å². The van der Waals surface area contributed by atoms with E-state index >= 15 is 0 Å². The molecule has 2 aliphatic heterocycles. The van der Waals surface area contributed by atoms with Gasteiger partial charge in [0.15, 0.2) is 0 Å². The zero-order valence-electron chi connectivity index (χ0n) is 25.8. The summed E-state index contributed by atoms with van der Waals surface area (Å²) in [6.45, 7) is 7.75. The Morgan fingerprint density at radius 2 is 1.37 bits per heavy atom. The predicted octanol–water partition coefficient (Wildman–Crippen LogP) is 10.8. The first-order valence-corrected chi connectivity index (χ1v) is 16.6. The van der Waals surface area contributed by atoms with Gasteiger partial charge in [-0.15, -0.1) is 0 Å². The molecule has 0 saturated heterocycles. The highest BCUT2D eigenvalue weighted by Gasteiger charge is 2.61. The van der Waals surface area contributed by atoms with Crippen molar-refractivity contribution < 1.29 is 9.66 Å². The number of fused-ring (bicyclic) bond motifs is 2. The van der Waals surface area contributed by atoms with Crippen molar-refractivity contribution in [2.24, 2.45) is 0 Å². The van der Waals surface area contributed by atoms with Crippen molar-refractivity contribution in [3.63, 3.8) is 0 Å². The van der Waals surface area contributed by atoms with Crippen LogP contribution in [0.5, 0.6) is 5.75 Å². The topological polar surface area (TPSA) is 55.6 Å². The van der Waals surface area contributed by atoms with Crippen molar-refractivity contribution in [2.45, 2.75) is 135 Å². The molecule has 2 aromatic carbocycles. The molecule has 224 valence electrons. The standard InChI is InChI=1S/C36H52N2O3/c1-4-7-8-9-10-11-12-13-14-15-16-17-18-21-28-37-33-23-20-19-22-32(33)35(5-2,6-3)36(37)27-26-30-29-31(38(39)40)24-25-34(30)41-36/h19-20,22-27,29H,4-18,21,28H2,1-3H3. The summed E-state index contributed by atoms with van der Waals surface area (Å²) < 4.78 is 6.99. The van der Waals surface area contributed by atoms with E-state index in [2.05, 4.69) is 62.1 Å². The molecule has 2 aliphatic rings. The third-order valence-electron chi connectivity index (χ3n) is 9.70. The molecule has 0 radical (unpaired) electrons. The molecule has 0 amide bonds. The van der Waals surface area contributed by atoms with Gasteiger partial charge in [-0.25, -0.2) is 0 Å². The highest BCUT2D eigenvalue weighted by molar-refractivity contribution is 5.73. The van der Waals surface area contributed by atoms with Crippen LogP contribution in [0.2, 0.25) is 0 Å². The van der Waals surface area contributed by atoms with E-state index in [1.807, 2.05) is 0 Å². The highest BCUT2D eigenvalue weighted by Crippen LogP contribution is 2.58. The molecule has 2 heterocycles. The van der Waals surface area contributed by atoms with Crippen LogP contribution in [0, 0.1) is 10.1 Å². The number of rotatable bonds is 18. The first-order chi connectivity index (χ1) is 20.0. The Labute approximate surface area is 248 Å². The van der Waals surface area contributed by atoms with E-state index in [1.54, 1.807) is 18.2 Å². The number of nitrogens with zero attached hydrogens (tertiary/aromatic N) is 2. The number of hydrogen-bond donors (Lipinski definition) is 0. The van der Waals surface area contributed by atoms with Crippen molar-refractivity contribution in [3.8, 4) is 5.75 Å². The number of para-hydroxylation sites is 1. The molecule has 5 heteroatoms. The zero-order chi connectivity index (χ0) is 29.1. The van der Waals surface area contributed by atoms with Crippen LogP contribution in [-0.2, 0) is 5.41 Å². The van der Waals surface area contributed by atoms with Gasteiger partial charge in [0.2, 0.25) is 5.72 Å². The molecule has 5 nitrogen and oxygen atoms in total. The van der Waals surface area contributed by atoms with Crippen LogP contribution in [0.25, 0.3) is 6.08 Å². The molecule has 0 aliphatic carbocycles. The smallest absolute Gasteiger partial charge is 0.270 e. The van der Waals surface area contributed by atoms with Crippen molar-refractivity contribution in [1.29, 1.82) is 0 Å². The molecule has 0 aromatic heterocycles. The summed E-state index contributed by atoms with van der Waals surface area (Å²) >= 11 is 0. The van der Waals surface area contributed by atoms with Crippen molar-refractivity contribution in [1.82, 2.24) is 0 Å². The SMILES string of the molecule is CCCCCCCCCCCCCCCCN1c2ccccc2C(CC)(CC)C12C=Cc1cc([N+](=O)[O-])ccc1O2. The molecule has 1 unspecified atom stereocenters. The van der Waals surface area contributed by atoms with Gasteiger partial charge in [0.25, 0.3) is 5.69 Å². The molecule has 1 atom stereocenters. The molecule has 0 fully saturated rings. The lowest BCUT2D eigenvalue weighted by Gasteiger charge is -2.49. The van der Waals surface area contributed by atoms with Gasteiger partial charge < -0.3 is 9.64 Å². The lowest BCUT2D eigenvalue weighted by Crippen LogP contribution is -2.61.